The molecule has 3 amide bonds. The Kier molecular flexibility index (Phi) is 12.7. The summed E-state index contributed by atoms with van der Waals surface area (Å²) in [6.07, 6.45) is -0.269. The number of hydrogen-bond donors (Lipinski definition) is 8. The van der Waals surface area contributed by atoms with Crippen LogP contribution in [0.25, 0.3) is 0 Å². The number of rotatable bonds is 14. The van der Waals surface area contributed by atoms with Crippen molar-refractivity contribution in [1.82, 2.24) is 16.0 Å². The lowest BCUT2D eigenvalue weighted by molar-refractivity contribution is -0.142. The highest BCUT2D eigenvalue weighted by atomic mass is 32.1. The molecule has 0 aromatic carbocycles. The molecule has 0 aliphatic rings. The van der Waals surface area contributed by atoms with E-state index in [-0.39, 0.29) is 30.9 Å². The van der Waals surface area contributed by atoms with E-state index in [1.54, 1.807) is 13.8 Å². The van der Waals surface area contributed by atoms with Gasteiger partial charge in [-0.2, -0.15) is 12.6 Å². The number of carbonyl (C=O) groups excluding carboxylic acids is 3. The van der Waals surface area contributed by atoms with Gasteiger partial charge in [0.15, 0.2) is 0 Å². The zero-order valence-electron chi connectivity index (χ0n) is 16.8. The molecule has 0 saturated heterocycles. The summed E-state index contributed by atoms with van der Waals surface area (Å²) in [5.74, 6) is -5.14. The molecule has 8 N–H and O–H groups in total. The number of nitrogens with one attached hydrogen (secondary N) is 3. The van der Waals surface area contributed by atoms with E-state index in [1.807, 2.05) is 0 Å². The number of carboxylic acid groups (broad SMARTS) is 2. The second-order valence-electron chi connectivity index (χ2n) is 7.06. The molecule has 12 nitrogen and oxygen atoms in total. The Morgan fingerprint density at radius 1 is 0.900 bits per heavy atom. The number of amides is 3. The van der Waals surface area contributed by atoms with Crippen molar-refractivity contribution in [2.24, 2.45) is 11.7 Å². The fourth-order valence-electron chi connectivity index (χ4n) is 2.32. The third-order valence-corrected chi connectivity index (χ3v) is 4.32. The Labute approximate surface area is 179 Å². The van der Waals surface area contributed by atoms with Gasteiger partial charge in [0.1, 0.15) is 18.1 Å². The molecular formula is C17H30N4O8S. The van der Waals surface area contributed by atoms with Gasteiger partial charge >= 0.3 is 11.9 Å². The summed E-state index contributed by atoms with van der Waals surface area (Å²) in [5, 5.41) is 33.9. The number of carboxylic acids is 2. The molecule has 4 atom stereocenters. The summed E-state index contributed by atoms with van der Waals surface area (Å²) in [7, 11) is 0. The summed E-state index contributed by atoms with van der Waals surface area (Å²) in [6.45, 7) is 2.77. The van der Waals surface area contributed by atoms with Crippen LogP contribution in [0.1, 0.15) is 33.1 Å². The largest absolute Gasteiger partial charge is 0.481 e. The van der Waals surface area contributed by atoms with Crippen molar-refractivity contribution >= 4 is 42.3 Å². The molecule has 4 unspecified atom stereocenters. The van der Waals surface area contributed by atoms with Crippen molar-refractivity contribution in [3.05, 3.63) is 0 Å². The number of aliphatic hydroxyl groups is 1. The van der Waals surface area contributed by atoms with Crippen LogP contribution in [0.3, 0.4) is 0 Å². The SMILES string of the molecule is CC(C)CC(NC(=O)C(N)CCC(=O)O)C(=O)NC(CO)C(=O)NC(CS)C(=O)O. The van der Waals surface area contributed by atoms with E-state index >= 15 is 0 Å². The summed E-state index contributed by atoms with van der Waals surface area (Å²) in [4.78, 5) is 58.5. The molecular weight excluding hydrogens is 420 g/mol. The van der Waals surface area contributed by atoms with Gasteiger partial charge in [0, 0.05) is 12.2 Å². The highest BCUT2D eigenvalue weighted by Gasteiger charge is 2.30. The fraction of sp³-hybridized carbons (Fsp3) is 0.706. The first-order chi connectivity index (χ1) is 13.9. The van der Waals surface area contributed by atoms with Crippen molar-refractivity contribution in [2.75, 3.05) is 12.4 Å². The fourth-order valence-corrected chi connectivity index (χ4v) is 2.56. The maximum Gasteiger partial charge on any atom is 0.327 e. The van der Waals surface area contributed by atoms with Crippen LogP contribution in [0, 0.1) is 5.92 Å². The van der Waals surface area contributed by atoms with Crippen LogP contribution >= 0.6 is 12.6 Å². The molecule has 0 heterocycles. The van der Waals surface area contributed by atoms with E-state index in [4.69, 9.17) is 15.9 Å². The zero-order valence-corrected chi connectivity index (χ0v) is 17.7. The minimum absolute atomic E-state index is 0.0433. The maximum absolute atomic E-state index is 12.6. The van der Waals surface area contributed by atoms with E-state index in [0.29, 0.717) is 0 Å². The standard InChI is InChI=1S/C17H30N4O8S/c1-8(2)5-10(19-14(25)9(18)3-4-13(23)24)15(26)20-11(6-22)16(27)21-12(7-30)17(28)29/h8-12,22,30H,3-7,18H2,1-2H3,(H,19,25)(H,20,26)(H,21,27)(H,23,24)(H,28,29). The smallest absolute Gasteiger partial charge is 0.327 e. The summed E-state index contributed by atoms with van der Waals surface area (Å²) in [5.41, 5.74) is 5.64. The predicted molar refractivity (Wildman–Crippen MR) is 109 cm³/mol. The first-order valence-corrected chi connectivity index (χ1v) is 9.89. The van der Waals surface area contributed by atoms with Gasteiger partial charge in [0.2, 0.25) is 17.7 Å². The van der Waals surface area contributed by atoms with Crippen LogP contribution in [0.2, 0.25) is 0 Å². The Hall–Kier alpha value is -2.38. The van der Waals surface area contributed by atoms with E-state index in [2.05, 4.69) is 28.6 Å². The van der Waals surface area contributed by atoms with Crippen molar-refractivity contribution in [3.63, 3.8) is 0 Å². The van der Waals surface area contributed by atoms with Gasteiger partial charge in [-0.25, -0.2) is 4.79 Å². The van der Waals surface area contributed by atoms with E-state index in [9.17, 15) is 29.1 Å². The predicted octanol–water partition coefficient (Wildman–Crippen LogP) is -2.31. The molecule has 0 fully saturated rings. The molecule has 30 heavy (non-hydrogen) atoms. The lowest BCUT2D eigenvalue weighted by Crippen LogP contribution is -2.58. The highest BCUT2D eigenvalue weighted by Crippen LogP contribution is 2.07. The summed E-state index contributed by atoms with van der Waals surface area (Å²) in [6, 6.07) is -5.01. The molecule has 0 aromatic heterocycles. The van der Waals surface area contributed by atoms with Crippen LogP contribution < -0.4 is 21.7 Å². The minimum atomic E-state index is -1.45. The number of hydrogen-bond acceptors (Lipinski definition) is 8. The number of aliphatic hydroxyl groups excluding tert-OH is 1. The van der Waals surface area contributed by atoms with Crippen molar-refractivity contribution in [1.29, 1.82) is 0 Å². The van der Waals surface area contributed by atoms with E-state index < -0.39 is 60.4 Å². The molecule has 0 aliphatic carbocycles. The first kappa shape index (κ1) is 27.6. The van der Waals surface area contributed by atoms with Gasteiger partial charge in [-0.15, -0.1) is 0 Å². The Balaban J connectivity index is 5.14. The van der Waals surface area contributed by atoms with Crippen LogP contribution in [0.5, 0.6) is 0 Å². The molecule has 13 heteroatoms. The van der Waals surface area contributed by atoms with Gasteiger partial charge in [-0.3, -0.25) is 19.2 Å². The normalized spacial score (nSPS) is 14.9. The monoisotopic (exact) mass is 450 g/mol. The summed E-state index contributed by atoms with van der Waals surface area (Å²) >= 11 is 3.81. The number of carbonyl (C=O) groups is 5. The molecule has 172 valence electrons. The van der Waals surface area contributed by atoms with Crippen LogP contribution in [0.15, 0.2) is 0 Å². The van der Waals surface area contributed by atoms with Gasteiger partial charge in [-0.1, -0.05) is 13.8 Å². The molecule has 0 bridgehead atoms. The Morgan fingerprint density at radius 3 is 1.83 bits per heavy atom. The lowest BCUT2D eigenvalue weighted by atomic mass is 10.0. The lowest BCUT2D eigenvalue weighted by Gasteiger charge is -2.25. The quantitative estimate of drug-likeness (QED) is 0.133. The van der Waals surface area contributed by atoms with Gasteiger partial charge in [-0.05, 0) is 18.8 Å². The number of nitrogens with two attached hydrogens (primary N) is 1. The molecule has 0 spiro atoms. The third-order valence-electron chi connectivity index (χ3n) is 3.96. The van der Waals surface area contributed by atoms with Crippen molar-refractivity contribution in [2.45, 2.75) is 57.3 Å². The van der Waals surface area contributed by atoms with Gasteiger partial charge < -0.3 is 37.0 Å². The molecule has 0 saturated carbocycles. The minimum Gasteiger partial charge on any atom is -0.481 e. The first-order valence-electron chi connectivity index (χ1n) is 9.25. The average molecular weight is 451 g/mol. The maximum atomic E-state index is 12.6. The van der Waals surface area contributed by atoms with Gasteiger partial charge in [0.05, 0.1) is 12.6 Å². The Morgan fingerprint density at radius 2 is 1.40 bits per heavy atom. The highest BCUT2D eigenvalue weighted by molar-refractivity contribution is 7.80. The van der Waals surface area contributed by atoms with Gasteiger partial charge in [0.25, 0.3) is 0 Å². The van der Waals surface area contributed by atoms with Crippen LogP contribution in [0.4, 0.5) is 0 Å². The van der Waals surface area contributed by atoms with E-state index in [0.717, 1.165) is 0 Å². The number of thiol groups is 1. The van der Waals surface area contributed by atoms with Crippen LogP contribution in [-0.4, -0.2) is 81.5 Å². The molecule has 0 aromatic rings. The molecule has 0 rings (SSSR count). The number of aliphatic carboxylic acids is 2. The third kappa shape index (κ3) is 10.4. The second kappa shape index (κ2) is 13.8. The van der Waals surface area contributed by atoms with E-state index in [1.165, 1.54) is 0 Å². The molecule has 0 aliphatic heterocycles. The topological polar surface area (TPSA) is 208 Å². The molecule has 0 radical (unpaired) electrons. The zero-order chi connectivity index (χ0) is 23.4. The average Bonchev–Trinajstić information content (AvgIpc) is 2.66. The Bertz CT molecular complexity index is 631. The van der Waals surface area contributed by atoms with Crippen molar-refractivity contribution < 1.29 is 39.3 Å². The summed E-state index contributed by atoms with van der Waals surface area (Å²) < 4.78 is 0. The van der Waals surface area contributed by atoms with Crippen molar-refractivity contribution in [3.8, 4) is 0 Å². The van der Waals surface area contributed by atoms with Crippen LogP contribution in [-0.2, 0) is 24.0 Å². The second-order valence-corrected chi connectivity index (χ2v) is 7.42.